The van der Waals surface area contributed by atoms with Crippen molar-refractivity contribution >= 4 is 34.4 Å². The molecule has 2 heterocycles. The topological polar surface area (TPSA) is 68.2 Å². The van der Waals surface area contributed by atoms with E-state index in [1.165, 1.54) is 11.1 Å². The van der Waals surface area contributed by atoms with E-state index in [-0.39, 0.29) is 5.11 Å². The highest BCUT2D eigenvalue weighted by Gasteiger charge is 2.02. The van der Waals surface area contributed by atoms with E-state index in [1.807, 2.05) is 18.3 Å². The molecule has 3 rings (SSSR count). The fraction of sp³-hybridized carbons (Fsp3) is 0.0625. The molecule has 0 fully saturated rings. The number of nitrogens with two attached hydrogens (primary N) is 1. The Morgan fingerprint density at radius 3 is 3.05 bits per heavy atom. The average Bonchev–Trinajstić information content (AvgIpc) is 2.90. The van der Waals surface area contributed by atoms with Gasteiger partial charge in [-0.25, -0.2) is 0 Å². The predicted molar refractivity (Wildman–Crippen MR) is 92.8 cm³/mol. The summed E-state index contributed by atoms with van der Waals surface area (Å²) in [4.78, 5) is 4.15. The van der Waals surface area contributed by atoms with E-state index in [9.17, 15) is 0 Å². The Labute approximate surface area is 133 Å². The minimum Gasteiger partial charge on any atom is -0.375 e. The van der Waals surface area contributed by atoms with E-state index < -0.39 is 0 Å². The first-order chi connectivity index (χ1) is 10.7. The second-order valence-electron chi connectivity index (χ2n) is 4.86. The molecular formula is C16H15N5S. The first-order valence-corrected chi connectivity index (χ1v) is 7.19. The van der Waals surface area contributed by atoms with Crippen LogP contribution >= 0.6 is 12.2 Å². The maximum absolute atomic E-state index is 5.32. The number of fused-ring (bicyclic) bond motifs is 1. The van der Waals surface area contributed by atoms with Crippen molar-refractivity contribution < 1.29 is 0 Å². The van der Waals surface area contributed by atoms with Crippen molar-refractivity contribution in [2.45, 2.75) is 6.54 Å². The van der Waals surface area contributed by atoms with Crippen LogP contribution in [0.5, 0.6) is 0 Å². The molecule has 0 bridgehead atoms. The van der Waals surface area contributed by atoms with E-state index in [0.717, 1.165) is 17.5 Å². The van der Waals surface area contributed by atoms with Crippen molar-refractivity contribution in [1.82, 2.24) is 15.0 Å². The van der Waals surface area contributed by atoms with Gasteiger partial charge in [-0.3, -0.25) is 10.4 Å². The summed E-state index contributed by atoms with van der Waals surface area (Å²) < 4.78 is 2.19. The predicted octanol–water partition coefficient (Wildman–Crippen LogP) is 2.25. The lowest BCUT2D eigenvalue weighted by Crippen LogP contribution is -2.23. The van der Waals surface area contributed by atoms with Gasteiger partial charge >= 0.3 is 0 Å². The average molecular weight is 309 g/mol. The fourth-order valence-corrected chi connectivity index (χ4v) is 2.35. The van der Waals surface area contributed by atoms with Crippen LogP contribution in [0.4, 0.5) is 0 Å². The van der Waals surface area contributed by atoms with Gasteiger partial charge in [-0.15, -0.1) is 0 Å². The highest BCUT2D eigenvalue weighted by Crippen LogP contribution is 2.18. The van der Waals surface area contributed by atoms with Crippen molar-refractivity contribution in [3.8, 4) is 0 Å². The fourth-order valence-electron chi connectivity index (χ4n) is 2.30. The molecule has 2 aromatic heterocycles. The molecule has 1 aromatic carbocycles. The Morgan fingerprint density at radius 2 is 2.27 bits per heavy atom. The Morgan fingerprint density at radius 1 is 1.36 bits per heavy atom. The Kier molecular flexibility index (Phi) is 4.11. The third-order valence-electron chi connectivity index (χ3n) is 3.26. The summed E-state index contributed by atoms with van der Waals surface area (Å²) in [5, 5.41) is 5.27. The summed E-state index contributed by atoms with van der Waals surface area (Å²) in [7, 11) is 0. The van der Waals surface area contributed by atoms with E-state index in [2.05, 4.69) is 50.5 Å². The van der Waals surface area contributed by atoms with Crippen LogP contribution in [0.25, 0.3) is 10.9 Å². The van der Waals surface area contributed by atoms with Crippen molar-refractivity contribution in [3.05, 3.63) is 66.1 Å². The number of nitrogens with zero attached hydrogens (tertiary/aromatic N) is 3. The summed E-state index contributed by atoms with van der Waals surface area (Å²) in [6.07, 6.45) is 7.43. The van der Waals surface area contributed by atoms with E-state index in [0.29, 0.717) is 0 Å². The summed E-state index contributed by atoms with van der Waals surface area (Å²) in [6, 6.07) is 12.3. The standard InChI is InChI=1S/C16H15N5S/c17-16(22)20-19-10-12-3-4-15-14(8-12)5-7-21(15)11-13-2-1-6-18-9-13/h1-10H,11H2,(H3,17,20,22). The summed E-state index contributed by atoms with van der Waals surface area (Å²) >= 11 is 4.70. The van der Waals surface area contributed by atoms with Gasteiger partial charge in [-0.2, -0.15) is 5.10 Å². The summed E-state index contributed by atoms with van der Waals surface area (Å²) in [6.45, 7) is 0.799. The zero-order chi connectivity index (χ0) is 15.4. The lowest BCUT2D eigenvalue weighted by molar-refractivity contribution is 0.831. The van der Waals surface area contributed by atoms with Gasteiger partial charge in [0.25, 0.3) is 0 Å². The molecule has 0 amide bonds. The van der Waals surface area contributed by atoms with Crippen molar-refractivity contribution in [3.63, 3.8) is 0 Å². The molecule has 0 aliphatic carbocycles. The van der Waals surface area contributed by atoms with Crippen LogP contribution in [0.2, 0.25) is 0 Å². The van der Waals surface area contributed by atoms with E-state index in [1.54, 1.807) is 12.4 Å². The molecule has 0 saturated carbocycles. The monoisotopic (exact) mass is 309 g/mol. The SMILES string of the molecule is NC(=S)NN=Cc1ccc2c(ccn2Cc2cccnc2)c1. The number of pyridine rings is 1. The van der Waals surface area contributed by atoms with Gasteiger partial charge < -0.3 is 10.3 Å². The third-order valence-corrected chi connectivity index (χ3v) is 3.35. The first kappa shape index (κ1) is 14.2. The van der Waals surface area contributed by atoms with Crippen molar-refractivity contribution in [2.75, 3.05) is 0 Å². The molecule has 0 saturated heterocycles. The molecule has 6 heteroatoms. The number of benzene rings is 1. The molecule has 22 heavy (non-hydrogen) atoms. The van der Waals surface area contributed by atoms with Crippen LogP contribution in [0.3, 0.4) is 0 Å². The molecule has 0 aliphatic rings. The number of hydrazone groups is 1. The van der Waals surface area contributed by atoms with Gasteiger partial charge in [-0.05, 0) is 47.6 Å². The van der Waals surface area contributed by atoms with Gasteiger partial charge in [0.15, 0.2) is 5.11 Å². The number of thiocarbonyl (C=S) groups is 1. The van der Waals surface area contributed by atoms with Crippen LogP contribution in [0.1, 0.15) is 11.1 Å². The minimum absolute atomic E-state index is 0.153. The largest absolute Gasteiger partial charge is 0.375 e. The van der Waals surface area contributed by atoms with Crippen LogP contribution in [0, 0.1) is 0 Å². The van der Waals surface area contributed by atoms with Gasteiger partial charge in [-0.1, -0.05) is 12.1 Å². The molecule has 0 spiro atoms. The molecule has 3 N–H and O–H groups in total. The highest BCUT2D eigenvalue weighted by atomic mass is 32.1. The van der Waals surface area contributed by atoms with Crippen molar-refractivity contribution in [2.24, 2.45) is 10.8 Å². The van der Waals surface area contributed by atoms with E-state index >= 15 is 0 Å². The van der Waals surface area contributed by atoms with Gasteiger partial charge in [0.1, 0.15) is 0 Å². The van der Waals surface area contributed by atoms with Crippen LogP contribution in [-0.4, -0.2) is 20.9 Å². The normalized spacial score (nSPS) is 11.1. The molecule has 0 atom stereocenters. The second-order valence-corrected chi connectivity index (χ2v) is 5.30. The van der Waals surface area contributed by atoms with E-state index in [4.69, 9.17) is 18.0 Å². The molecular weight excluding hydrogens is 294 g/mol. The number of nitrogens with one attached hydrogen (secondary N) is 1. The number of hydrogen-bond acceptors (Lipinski definition) is 3. The molecule has 0 aliphatic heterocycles. The highest BCUT2D eigenvalue weighted by molar-refractivity contribution is 7.80. The molecule has 3 aromatic rings. The second kappa shape index (κ2) is 6.36. The van der Waals surface area contributed by atoms with Crippen LogP contribution in [-0.2, 0) is 6.54 Å². The quantitative estimate of drug-likeness (QED) is 0.441. The Bertz CT molecular complexity index is 823. The number of rotatable bonds is 4. The smallest absolute Gasteiger partial charge is 0.184 e. The third kappa shape index (κ3) is 3.29. The zero-order valence-corrected chi connectivity index (χ0v) is 12.6. The number of hydrogen-bond donors (Lipinski definition) is 2. The lowest BCUT2D eigenvalue weighted by atomic mass is 10.2. The summed E-state index contributed by atoms with van der Waals surface area (Å²) in [5.41, 5.74) is 11.2. The zero-order valence-electron chi connectivity index (χ0n) is 11.8. The van der Waals surface area contributed by atoms with Crippen LogP contribution < -0.4 is 11.2 Å². The number of aromatic nitrogens is 2. The van der Waals surface area contributed by atoms with Gasteiger partial charge in [0.2, 0.25) is 0 Å². The van der Waals surface area contributed by atoms with Gasteiger partial charge in [0, 0.05) is 36.0 Å². The lowest BCUT2D eigenvalue weighted by Gasteiger charge is -2.05. The molecule has 5 nitrogen and oxygen atoms in total. The molecule has 110 valence electrons. The Hall–Kier alpha value is -2.73. The molecule has 0 radical (unpaired) electrons. The van der Waals surface area contributed by atoms with Gasteiger partial charge in [0.05, 0.1) is 6.21 Å². The Balaban J connectivity index is 1.83. The van der Waals surface area contributed by atoms with Crippen molar-refractivity contribution in [1.29, 1.82) is 0 Å². The maximum Gasteiger partial charge on any atom is 0.184 e. The minimum atomic E-state index is 0.153. The molecule has 0 unspecified atom stereocenters. The summed E-state index contributed by atoms with van der Waals surface area (Å²) in [5.74, 6) is 0. The first-order valence-electron chi connectivity index (χ1n) is 6.79. The maximum atomic E-state index is 5.32. The van der Waals surface area contributed by atoms with Crippen LogP contribution in [0.15, 0.2) is 60.1 Å².